The van der Waals surface area contributed by atoms with Crippen LogP contribution in [0.5, 0.6) is 0 Å². The van der Waals surface area contributed by atoms with Crippen molar-refractivity contribution in [1.82, 2.24) is 9.55 Å². The summed E-state index contributed by atoms with van der Waals surface area (Å²) in [6.07, 6.45) is 1.41. The lowest BCUT2D eigenvalue weighted by Gasteiger charge is -2.24. The zero-order valence-electron chi connectivity index (χ0n) is 15.6. The molecule has 0 bridgehead atoms. The van der Waals surface area contributed by atoms with Gasteiger partial charge in [-0.05, 0) is 24.6 Å². The number of benzene rings is 1. The number of H-pyrrole nitrogens is 1. The summed E-state index contributed by atoms with van der Waals surface area (Å²) in [5.74, 6) is -3.28. The molecule has 0 aliphatic carbocycles. The monoisotopic (exact) mass is 396 g/mol. The van der Waals surface area contributed by atoms with Crippen LogP contribution in [0, 0.1) is 11.6 Å². The van der Waals surface area contributed by atoms with Crippen molar-refractivity contribution in [2.24, 2.45) is 0 Å². The molecule has 0 radical (unpaired) electrons. The number of rotatable bonds is 8. The molecule has 8 nitrogen and oxygen atoms in total. The molecule has 0 unspecified atom stereocenters. The average molecular weight is 396 g/mol. The first-order chi connectivity index (χ1) is 13.3. The number of amides is 1. The lowest BCUT2D eigenvalue weighted by atomic mass is 10.1. The molecule has 0 saturated carbocycles. The van der Waals surface area contributed by atoms with Crippen LogP contribution >= 0.6 is 0 Å². The third kappa shape index (κ3) is 4.45. The average Bonchev–Trinajstić information content (AvgIpc) is 2.65. The van der Waals surface area contributed by atoms with Gasteiger partial charge in [0.2, 0.25) is 0 Å². The number of nitrogens with one attached hydrogen (secondary N) is 1. The Bertz CT molecular complexity index is 971. The molecule has 0 saturated heterocycles. The predicted molar refractivity (Wildman–Crippen MR) is 101 cm³/mol. The third-order valence-electron chi connectivity index (χ3n) is 4.15. The molecule has 28 heavy (non-hydrogen) atoms. The van der Waals surface area contributed by atoms with E-state index in [0.29, 0.717) is 6.42 Å². The van der Waals surface area contributed by atoms with E-state index in [1.165, 1.54) is 11.7 Å². The quantitative estimate of drug-likeness (QED) is 0.702. The van der Waals surface area contributed by atoms with Crippen LogP contribution in [0.1, 0.15) is 30.1 Å². The molecule has 0 atom stereocenters. The summed E-state index contributed by atoms with van der Waals surface area (Å²) < 4.78 is 32.9. The van der Waals surface area contributed by atoms with Gasteiger partial charge in [0.15, 0.2) is 17.3 Å². The Morgan fingerprint density at radius 2 is 2.00 bits per heavy atom. The van der Waals surface area contributed by atoms with Crippen LogP contribution < -0.4 is 21.9 Å². The number of aromatic nitrogens is 2. The fraction of sp³-hybridized carbons (Fsp3) is 0.389. The van der Waals surface area contributed by atoms with Crippen LogP contribution in [0.2, 0.25) is 0 Å². The summed E-state index contributed by atoms with van der Waals surface area (Å²) in [5.41, 5.74) is 4.07. The van der Waals surface area contributed by atoms with Crippen molar-refractivity contribution in [3.05, 3.63) is 56.2 Å². The first-order valence-electron chi connectivity index (χ1n) is 8.70. The largest absolute Gasteiger partial charge is 0.383 e. The maximum Gasteiger partial charge on any atom is 0.330 e. The number of aromatic amines is 1. The van der Waals surface area contributed by atoms with E-state index in [1.54, 1.807) is 0 Å². The van der Waals surface area contributed by atoms with Gasteiger partial charge < -0.3 is 10.5 Å². The van der Waals surface area contributed by atoms with Crippen molar-refractivity contribution in [1.29, 1.82) is 0 Å². The highest BCUT2D eigenvalue weighted by Crippen LogP contribution is 2.20. The van der Waals surface area contributed by atoms with E-state index in [1.807, 2.05) is 6.92 Å². The Kier molecular flexibility index (Phi) is 7.05. The number of unbranched alkanes of at least 4 members (excludes halogenated alkanes) is 1. The number of carbonyl (C=O) groups is 1. The SMILES string of the molecule is CCCCn1c(N)c(N(CCOC)C(=O)c2ccc(F)c(F)c2)c(=O)[nH]c1=O. The Hall–Kier alpha value is -3.01. The molecule has 1 amide bonds. The Morgan fingerprint density at radius 1 is 1.29 bits per heavy atom. The van der Waals surface area contributed by atoms with Crippen LogP contribution in [0.4, 0.5) is 20.3 Å². The molecule has 1 heterocycles. The molecule has 2 aromatic rings. The number of hydrogen-bond donors (Lipinski definition) is 2. The molecule has 1 aromatic carbocycles. The zero-order valence-corrected chi connectivity index (χ0v) is 15.6. The van der Waals surface area contributed by atoms with E-state index < -0.39 is 28.8 Å². The van der Waals surface area contributed by atoms with Crippen molar-refractivity contribution in [2.45, 2.75) is 26.3 Å². The van der Waals surface area contributed by atoms with Crippen molar-refractivity contribution in [3.8, 4) is 0 Å². The zero-order chi connectivity index (χ0) is 20.8. The van der Waals surface area contributed by atoms with Gasteiger partial charge in [-0.25, -0.2) is 13.6 Å². The van der Waals surface area contributed by atoms with E-state index in [2.05, 4.69) is 4.98 Å². The number of hydrogen-bond acceptors (Lipinski definition) is 5. The van der Waals surface area contributed by atoms with E-state index >= 15 is 0 Å². The number of anilines is 2. The van der Waals surface area contributed by atoms with Crippen LogP contribution in [-0.2, 0) is 11.3 Å². The first kappa shape index (κ1) is 21.3. The highest BCUT2D eigenvalue weighted by Gasteiger charge is 2.25. The molecule has 2 rings (SSSR count). The molecular formula is C18H22F2N4O4. The fourth-order valence-electron chi connectivity index (χ4n) is 2.66. The van der Waals surface area contributed by atoms with Gasteiger partial charge >= 0.3 is 5.69 Å². The first-order valence-corrected chi connectivity index (χ1v) is 8.70. The lowest BCUT2D eigenvalue weighted by Crippen LogP contribution is -2.42. The van der Waals surface area contributed by atoms with Gasteiger partial charge in [-0.3, -0.25) is 24.0 Å². The molecule has 1 aromatic heterocycles. The van der Waals surface area contributed by atoms with Crippen molar-refractivity contribution < 1.29 is 18.3 Å². The Morgan fingerprint density at radius 3 is 2.61 bits per heavy atom. The second-order valence-electron chi connectivity index (χ2n) is 6.08. The van der Waals surface area contributed by atoms with Crippen LogP contribution in [-0.4, -0.2) is 35.7 Å². The maximum atomic E-state index is 13.6. The maximum absolute atomic E-state index is 13.6. The molecule has 0 aliphatic heterocycles. The van der Waals surface area contributed by atoms with Crippen molar-refractivity contribution in [3.63, 3.8) is 0 Å². The number of methoxy groups -OCH3 is 1. The Balaban J connectivity index is 2.59. The van der Waals surface area contributed by atoms with Gasteiger partial charge in [0.25, 0.3) is 11.5 Å². The highest BCUT2D eigenvalue weighted by atomic mass is 19.2. The second kappa shape index (κ2) is 9.27. The summed E-state index contributed by atoms with van der Waals surface area (Å²) in [4.78, 5) is 40.6. The number of halogens is 2. The van der Waals surface area contributed by atoms with Gasteiger partial charge in [0.05, 0.1) is 6.61 Å². The summed E-state index contributed by atoms with van der Waals surface area (Å²) >= 11 is 0. The molecule has 10 heteroatoms. The van der Waals surface area contributed by atoms with Gasteiger partial charge in [-0.1, -0.05) is 13.3 Å². The Labute approximate surface area is 159 Å². The minimum Gasteiger partial charge on any atom is -0.383 e. The predicted octanol–water partition coefficient (Wildman–Crippen LogP) is 1.49. The van der Waals surface area contributed by atoms with Crippen LogP contribution in [0.25, 0.3) is 0 Å². The van der Waals surface area contributed by atoms with E-state index in [4.69, 9.17) is 10.5 Å². The number of nitrogens with two attached hydrogens (primary N) is 1. The summed E-state index contributed by atoms with van der Waals surface area (Å²) in [5, 5.41) is 0. The van der Waals surface area contributed by atoms with Gasteiger partial charge in [0, 0.05) is 25.8 Å². The standard InChI is InChI=1S/C18H22F2N4O4/c1-3-4-7-24-15(21)14(16(25)22-18(24)27)23(8-9-28-2)17(26)11-5-6-12(19)13(20)10-11/h5-6,10H,3-4,7-9,21H2,1-2H3,(H,22,25,27). The molecule has 3 N–H and O–H groups in total. The molecule has 0 spiro atoms. The third-order valence-corrected chi connectivity index (χ3v) is 4.15. The number of nitrogens with zero attached hydrogens (tertiary/aromatic N) is 2. The number of carbonyl (C=O) groups excluding carboxylic acids is 1. The highest BCUT2D eigenvalue weighted by molar-refractivity contribution is 6.07. The summed E-state index contributed by atoms with van der Waals surface area (Å²) in [7, 11) is 1.40. The fourth-order valence-corrected chi connectivity index (χ4v) is 2.66. The van der Waals surface area contributed by atoms with E-state index in [0.717, 1.165) is 29.5 Å². The minimum absolute atomic E-state index is 0.0440. The molecule has 0 fully saturated rings. The van der Waals surface area contributed by atoms with Gasteiger partial charge in [-0.2, -0.15) is 0 Å². The summed E-state index contributed by atoms with van der Waals surface area (Å²) in [6.45, 7) is 2.13. The van der Waals surface area contributed by atoms with Gasteiger partial charge in [0.1, 0.15) is 5.82 Å². The number of nitrogen functional groups attached to an aromatic ring is 1. The van der Waals surface area contributed by atoms with Crippen LogP contribution in [0.15, 0.2) is 27.8 Å². The molecule has 152 valence electrons. The van der Waals surface area contributed by atoms with Gasteiger partial charge in [-0.15, -0.1) is 0 Å². The van der Waals surface area contributed by atoms with Crippen molar-refractivity contribution >= 4 is 17.4 Å². The normalized spacial score (nSPS) is 10.9. The smallest absolute Gasteiger partial charge is 0.330 e. The lowest BCUT2D eigenvalue weighted by molar-refractivity contribution is 0.0975. The van der Waals surface area contributed by atoms with Crippen LogP contribution in [0.3, 0.4) is 0 Å². The summed E-state index contributed by atoms with van der Waals surface area (Å²) in [6, 6.07) is 2.64. The van der Waals surface area contributed by atoms with E-state index in [-0.39, 0.29) is 36.8 Å². The van der Waals surface area contributed by atoms with E-state index in [9.17, 15) is 23.2 Å². The topological polar surface area (TPSA) is 110 Å². The molecule has 0 aliphatic rings. The van der Waals surface area contributed by atoms with Crippen molar-refractivity contribution in [2.75, 3.05) is 30.9 Å². The molecular weight excluding hydrogens is 374 g/mol. The minimum atomic E-state index is -1.20. The number of ether oxygens (including phenoxy) is 1. The second-order valence-corrected chi connectivity index (χ2v) is 6.08.